The molecule has 33 heavy (non-hydrogen) atoms. The number of hydrogen-bond acceptors (Lipinski definition) is 8. The van der Waals surface area contributed by atoms with Gasteiger partial charge in [-0.05, 0) is 48.9 Å². The second-order valence-corrected chi connectivity index (χ2v) is 7.43. The second-order valence-electron chi connectivity index (χ2n) is 7.43. The van der Waals surface area contributed by atoms with Gasteiger partial charge in [-0.3, -0.25) is 4.79 Å². The Bertz CT molecular complexity index is 1230. The lowest BCUT2D eigenvalue weighted by Crippen LogP contribution is -2.21. The summed E-state index contributed by atoms with van der Waals surface area (Å²) in [7, 11) is 3.03. The lowest BCUT2D eigenvalue weighted by molar-refractivity contribution is -0.116. The predicted molar refractivity (Wildman–Crippen MR) is 119 cm³/mol. The van der Waals surface area contributed by atoms with Gasteiger partial charge in [0.1, 0.15) is 17.3 Å². The predicted octanol–water partition coefficient (Wildman–Crippen LogP) is 3.56. The molecule has 9 nitrogen and oxygen atoms in total. The molecule has 2 N–H and O–H groups in total. The highest BCUT2D eigenvalue weighted by molar-refractivity contribution is 5.91. The van der Waals surface area contributed by atoms with Gasteiger partial charge < -0.3 is 33.8 Å². The van der Waals surface area contributed by atoms with Crippen LogP contribution in [-0.2, 0) is 4.79 Å². The van der Waals surface area contributed by atoms with Crippen molar-refractivity contribution in [3.8, 4) is 28.7 Å². The molecule has 1 aliphatic rings. The first kappa shape index (κ1) is 22.1. The van der Waals surface area contributed by atoms with Gasteiger partial charge >= 0.3 is 5.63 Å². The van der Waals surface area contributed by atoms with Crippen molar-refractivity contribution in [3.05, 3.63) is 69.8 Å². The number of aryl methyl sites for hydroxylation is 1. The van der Waals surface area contributed by atoms with E-state index in [9.17, 15) is 14.7 Å². The molecule has 0 saturated carbocycles. The standard InChI is InChI=1S/C24H23NO8/c1-13-8-18(26)22(24(28)33-13)17(11-21(27)25-15-4-6-16(29-2)7-5-15)14-9-19(30-3)23-20(10-14)31-12-32-23/h4-10,17,26H,11-12H2,1-3H3,(H,25,27)/t17-/m0/s1. The molecule has 1 atom stereocenters. The summed E-state index contributed by atoms with van der Waals surface area (Å²) in [4.78, 5) is 25.7. The Morgan fingerprint density at radius 3 is 2.55 bits per heavy atom. The highest BCUT2D eigenvalue weighted by Crippen LogP contribution is 2.45. The van der Waals surface area contributed by atoms with Crippen molar-refractivity contribution in [3.63, 3.8) is 0 Å². The highest BCUT2D eigenvalue weighted by Gasteiger charge is 2.29. The number of aromatic hydroxyl groups is 1. The summed E-state index contributed by atoms with van der Waals surface area (Å²) in [6.07, 6.45) is -0.157. The number of fused-ring (bicyclic) bond motifs is 1. The van der Waals surface area contributed by atoms with Crippen LogP contribution in [0.2, 0.25) is 0 Å². The minimum atomic E-state index is -0.844. The van der Waals surface area contributed by atoms with Gasteiger partial charge in [0.15, 0.2) is 11.5 Å². The maximum Gasteiger partial charge on any atom is 0.343 e. The molecule has 1 aliphatic heterocycles. The number of carbonyl (C=O) groups excluding carboxylic acids is 1. The smallest absolute Gasteiger partial charge is 0.343 e. The third-order valence-electron chi connectivity index (χ3n) is 5.28. The second kappa shape index (κ2) is 9.15. The fraction of sp³-hybridized carbons (Fsp3) is 0.250. The van der Waals surface area contributed by atoms with E-state index in [-0.39, 0.29) is 36.2 Å². The quantitative estimate of drug-likeness (QED) is 0.558. The molecule has 3 aromatic rings. The fourth-order valence-electron chi connectivity index (χ4n) is 3.74. The van der Waals surface area contributed by atoms with Crippen LogP contribution >= 0.6 is 0 Å². The molecular formula is C24H23NO8. The molecule has 0 bridgehead atoms. The maximum absolute atomic E-state index is 13.0. The SMILES string of the molecule is COc1ccc(NC(=O)C[C@@H](c2cc(OC)c3c(c2)OCO3)c2c(O)cc(C)oc2=O)cc1. The molecule has 0 radical (unpaired) electrons. The topological polar surface area (TPSA) is 116 Å². The van der Waals surface area contributed by atoms with Crippen molar-refractivity contribution >= 4 is 11.6 Å². The summed E-state index contributed by atoms with van der Waals surface area (Å²) in [6.45, 7) is 1.58. The average molecular weight is 453 g/mol. The number of hydrogen-bond donors (Lipinski definition) is 2. The van der Waals surface area contributed by atoms with E-state index in [1.165, 1.54) is 13.2 Å². The van der Waals surface area contributed by atoms with Gasteiger partial charge in [0.25, 0.3) is 0 Å². The monoisotopic (exact) mass is 453 g/mol. The molecule has 1 amide bonds. The lowest BCUT2D eigenvalue weighted by Gasteiger charge is -2.19. The van der Waals surface area contributed by atoms with Gasteiger partial charge in [-0.25, -0.2) is 4.79 Å². The molecule has 172 valence electrons. The van der Waals surface area contributed by atoms with E-state index in [2.05, 4.69) is 5.32 Å². The molecule has 0 unspecified atom stereocenters. The van der Waals surface area contributed by atoms with Crippen LogP contribution in [0.5, 0.6) is 28.7 Å². The van der Waals surface area contributed by atoms with Gasteiger partial charge in [-0.1, -0.05) is 0 Å². The Kier molecular flexibility index (Phi) is 6.12. The number of carbonyl (C=O) groups is 1. The molecule has 2 aromatic carbocycles. The Hall–Kier alpha value is -4.14. The minimum Gasteiger partial charge on any atom is -0.507 e. The summed E-state index contributed by atoms with van der Waals surface area (Å²) in [5, 5.41) is 13.4. The third-order valence-corrected chi connectivity index (χ3v) is 5.28. The number of rotatable bonds is 7. The normalized spacial score (nSPS) is 12.8. The molecule has 4 rings (SSSR count). The number of ether oxygens (including phenoxy) is 4. The number of anilines is 1. The van der Waals surface area contributed by atoms with Crippen molar-refractivity contribution in [1.29, 1.82) is 0 Å². The first-order valence-corrected chi connectivity index (χ1v) is 10.1. The van der Waals surface area contributed by atoms with Crippen LogP contribution in [0.15, 0.2) is 51.7 Å². The van der Waals surface area contributed by atoms with E-state index < -0.39 is 11.5 Å². The summed E-state index contributed by atoms with van der Waals surface area (Å²) < 4.78 is 26.7. The zero-order valence-electron chi connectivity index (χ0n) is 18.3. The van der Waals surface area contributed by atoms with Crippen LogP contribution in [0, 0.1) is 6.92 Å². The largest absolute Gasteiger partial charge is 0.507 e. The molecule has 0 spiro atoms. The lowest BCUT2D eigenvalue weighted by atomic mass is 9.88. The van der Waals surface area contributed by atoms with Crippen molar-refractivity contribution in [2.24, 2.45) is 0 Å². The fourth-order valence-corrected chi connectivity index (χ4v) is 3.74. The molecule has 1 aromatic heterocycles. The zero-order valence-corrected chi connectivity index (χ0v) is 18.3. The van der Waals surface area contributed by atoms with E-state index in [0.29, 0.717) is 34.2 Å². The van der Waals surface area contributed by atoms with E-state index >= 15 is 0 Å². The van der Waals surface area contributed by atoms with Crippen molar-refractivity contribution in [2.45, 2.75) is 19.3 Å². The summed E-state index contributed by atoms with van der Waals surface area (Å²) >= 11 is 0. The first-order chi connectivity index (χ1) is 15.9. The van der Waals surface area contributed by atoms with Crippen LogP contribution in [0.25, 0.3) is 0 Å². The Morgan fingerprint density at radius 1 is 1.12 bits per heavy atom. The highest BCUT2D eigenvalue weighted by atomic mass is 16.7. The Balaban J connectivity index is 1.72. The molecule has 9 heteroatoms. The van der Waals surface area contributed by atoms with Crippen molar-refractivity contribution < 1.29 is 33.3 Å². The number of amides is 1. The van der Waals surface area contributed by atoms with E-state index in [1.54, 1.807) is 50.4 Å². The Morgan fingerprint density at radius 2 is 1.88 bits per heavy atom. The molecule has 0 saturated heterocycles. The Labute approximate surface area is 189 Å². The maximum atomic E-state index is 13.0. The van der Waals surface area contributed by atoms with Crippen LogP contribution in [0.1, 0.15) is 29.2 Å². The van der Waals surface area contributed by atoms with E-state index in [4.69, 9.17) is 23.4 Å². The van der Waals surface area contributed by atoms with Gasteiger partial charge in [-0.2, -0.15) is 0 Å². The van der Waals surface area contributed by atoms with Gasteiger partial charge in [0.05, 0.1) is 19.8 Å². The van der Waals surface area contributed by atoms with Crippen molar-refractivity contribution in [1.82, 2.24) is 0 Å². The summed E-state index contributed by atoms with van der Waals surface area (Å²) in [6, 6.07) is 11.5. The zero-order chi connectivity index (χ0) is 23.5. The molecular weight excluding hydrogens is 430 g/mol. The number of methoxy groups -OCH3 is 2. The van der Waals surface area contributed by atoms with Gasteiger partial charge in [0, 0.05) is 24.1 Å². The van der Waals surface area contributed by atoms with Crippen LogP contribution < -0.4 is 29.9 Å². The molecule has 0 fully saturated rings. The summed E-state index contributed by atoms with van der Waals surface area (Å²) in [5.41, 5.74) is 0.313. The van der Waals surface area contributed by atoms with Crippen LogP contribution in [-0.4, -0.2) is 32.0 Å². The van der Waals surface area contributed by atoms with Gasteiger partial charge in [-0.15, -0.1) is 0 Å². The van der Waals surface area contributed by atoms with Crippen LogP contribution in [0.4, 0.5) is 5.69 Å². The van der Waals surface area contributed by atoms with Crippen molar-refractivity contribution in [2.75, 3.05) is 26.3 Å². The molecule has 2 heterocycles. The molecule has 0 aliphatic carbocycles. The van der Waals surface area contributed by atoms with Gasteiger partial charge in [0.2, 0.25) is 18.4 Å². The van der Waals surface area contributed by atoms with Crippen LogP contribution in [0.3, 0.4) is 0 Å². The third kappa shape index (κ3) is 4.57. The van der Waals surface area contributed by atoms with E-state index in [0.717, 1.165) is 0 Å². The first-order valence-electron chi connectivity index (χ1n) is 10.1. The minimum absolute atomic E-state index is 0.0235. The average Bonchev–Trinajstić information content (AvgIpc) is 3.26. The number of nitrogens with one attached hydrogen (secondary N) is 1. The van der Waals surface area contributed by atoms with E-state index in [1.807, 2.05) is 0 Å². The summed E-state index contributed by atoms with van der Waals surface area (Å²) in [5.74, 6) is 0.666. The number of benzene rings is 2.